The van der Waals surface area contributed by atoms with Crippen LogP contribution in [0.5, 0.6) is 0 Å². The zero-order chi connectivity index (χ0) is 15.0. The normalized spacial score (nSPS) is 28.9. The van der Waals surface area contributed by atoms with Crippen LogP contribution in [-0.4, -0.2) is 5.11 Å². The maximum absolute atomic E-state index is 10.6. The molecule has 0 saturated heterocycles. The van der Waals surface area contributed by atoms with E-state index in [1.807, 2.05) is 13.0 Å². The summed E-state index contributed by atoms with van der Waals surface area (Å²) in [6, 6.07) is 4.23. The zero-order valence-corrected chi connectivity index (χ0v) is 12.9. The number of rotatable bonds is 2. The number of hydrogen-bond acceptors (Lipinski definition) is 3. The molecule has 110 valence electrons. The number of hydrogen-bond donors (Lipinski definition) is 1. The van der Waals surface area contributed by atoms with Crippen LogP contribution in [0.3, 0.4) is 0 Å². The summed E-state index contributed by atoms with van der Waals surface area (Å²) in [4.78, 5) is 0. The van der Waals surface area contributed by atoms with E-state index in [1.54, 1.807) is 6.26 Å². The summed E-state index contributed by atoms with van der Waals surface area (Å²) < 4.78 is 5.40. The molecular formula is C17H25NO2. The van der Waals surface area contributed by atoms with E-state index in [9.17, 15) is 10.4 Å². The lowest BCUT2D eigenvalue weighted by atomic mass is 9.62. The van der Waals surface area contributed by atoms with Crippen molar-refractivity contribution in [1.29, 1.82) is 5.26 Å². The maximum atomic E-state index is 10.6. The van der Waals surface area contributed by atoms with Gasteiger partial charge in [-0.15, -0.1) is 0 Å². The number of aliphatic hydroxyl groups excluding tert-OH is 1. The van der Waals surface area contributed by atoms with Crippen molar-refractivity contribution in [3.8, 4) is 6.07 Å². The Balaban J connectivity index is 2.18. The van der Waals surface area contributed by atoms with Gasteiger partial charge in [0.2, 0.25) is 0 Å². The fourth-order valence-electron chi connectivity index (χ4n) is 3.36. The van der Waals surface area contributed by atoms with Crippen LogP contribution in [0.1, 0.15) is 63.9 Å². The zero-order valence-electron chi connectivity index (χ0n) is 12.9. The van der Waals surface area contributed by atoms with Crippen molar-refractivity contribution in [2.24, 2.45) is 16.7 Å². The lowest BCUT2D eigenvalue weighted by molar-refractivity contribution is -0.00419. The minimum absolute atomic E-state index is 0.271. The van der Waals surface area contributed by atoms with Crippen molar-refractivity contribution in [2.75, 3.05) is 0 Å². The highest BCUT2D eigenvalue weighted by Gasteiger charge is 2.45. The van der Waals surface area contributed by atoms with Crippen molar-refractivity contribution in [3.05, 3.63) is 23.7 Å². The average Bonchev–Trinajstić information content (AvgIpc) is 2.83. The first-order chi connectivity index (χ1) is 9.30. The van der Waals surface area contributed by atoms with Gasteiger partial charge in [-0.3, -0.25) is 0 Å². The lowest BCUT2D eigenvalue weighted by Crippen LogP contribution is -2.36. The number of aliphatic hydroxyl groups is 1. The molecule has 1 aliphatic carbocycles. The topological polar surface area (TPSA) is 57.2 Å². The van der Waals surface area contributed by atoms with E-state index < -0.39 is 11.5 Å². The van der Waals surface area contributed by atoms with Crippen LogP contribution >= 0.6 is 0 Å². The first kappa shape index (κ1) is 15.1. The SMILES string of the molecule is Cc1ccoc1C(O)C1(C#N)CCC(C(C)(C)C)CC1. The molecule has 1 N–H and O–H groups in total. The Kier molecular flexibility index (Phi) is 3.97. The monoisotopic (exact) mass is 275 g/mol. The Morgan fingerprint density at radius 1 is 1.40 bits per heavy atom. The Bertz CT molecular complexity index is 496. The Morgan fingerprint density at radius 3 is 2.40 bits per heavy atom. The molecule has 0 aliphatic heterocycles. The van der Waals surface area contributed by atoms with Crippen molar-refractivity contribution >= 4 is 0 Å². The van der Waals surface area contributed by atoms with Gasteiger partial charge in [0.15, 0.2) is 0 Å². The smallest absolute Gasteiger partial charge is 0.136 e. The van der Waals surface area contributed by atoms with Gasteiger partial charge in [0.05, 0.1) is 17.7 Å². The van der Waals surface area contributed by atoms with Gasteiger partial charge in [-0.2, -0.15) is 5.26 Å². The van der Waals surface area contributed by atoms with E-state index in [0.29, 0.717) is 11.7 Å². The number of nitriles is 1. The van der Waals surface area contributed by atoms with Gasteiger partial charge >= 0.3 is 0 Å². The van der Waals surface area contributed by atoms with Crippen molar-refractivity contribution < 1.29 is 9.52 Å². The first-order valence-electron chi connectivity index (χ1n) is 7.43. The molecule has 0 spiro atoms. The van der Waals surface area contributed by atoms with E-state index >= 15 is 0 Å². The fourth-order valence-corrected chi connectivity index (χ4v) is 3.36. The molecule has 20 heavy (non-hydrogen) atoms. The molecule has 1 atom stereocenters. The quantitative estimate of drug-likeness (QED) is 0.872. The fraction of sp³-hybridized carbons (Fsp3) is 0.706. The van der Waals surface area contributed by atoms with E-state index in [1.165, 1.54) is 0 Å². The maximum Gasteiger partial charge on any atom is 0.136 e. The van der Waals surface area contributed by atoms with Gasteiger partial charge in [0.25, 0.3) is 0 Å². The van der Waals surface area contributed by atoms with Crippen molar-refractivity contribution in [1.82, 2.24) is 0 Å². The van der Waals surface area contributed by atoms with Crippen LogP contribution < -0.4 is 0 Å². The highest BCUT2D eigenvalue weighted by atomic mass is 16.4. The minimum Gasteiger partial charge on any atom is -0.466 e. The number of aryl methyl sites for hydroxylation is 1. The summed E-state index contributed by atoms with van der Waals surface area (Å²) in [5.74, 6) is 1.18. The molecule has 1 saturated carbocycles. The van der Waals surface area contributed by atoms with Gasteiger partial charge in [0, 0.05) is 0 Å². The summed E-state index contributed by atoms with van der Waals surface area (Å²) >= 11 is 0. The highest BCUT2D eigenvalue weighted by Crippen LogP contribution is 2.51. The molecule has 0 amide bonds. The molecule has 1 heterocycles. The third-order valence-electron chi connectivity index (χ3n) is 5.00. The van der Waals surface area contributed by atoms with Crippen LogP contribution in [-0.2, 0) is 0 Å². The molecule has 3 nitrogen and oxygen atoms in total. The Labute approximate surface area is 121 Å². The van der Waals surface area contributed by atoms with E-state index in [2.05, 4.69) is 26.8 Å². The molecule has 1 aromatic heterocycles. The van der Waals surface area contributed by atoms with Crippen LogP contribution in [0.2, 0.25) is 0 Å². The summed E-state index contributed by atoms with van der Waals surface area (Å²) in [5.41, 5.74) is 0.502. The van der Waals surface area contributed by atoms with Crippen LogP contribution in [0, 0.1) is 35.0 Å². The highest BCUT2D eigenvalue weighted by molar-refractivity contribution is 5.22. The second kappa shape index (κ2) is 5.26. The van der Waals surface area contributed by atoms with Gasteiger partial charge < -0.3 is 9.52 Å². The largest absolute Gasteiger partial charge is 0.466 e. The van der Waals surface area contributed by atoms with Crippen LogP contribution in [0.15, 0.2) is 16.7 Å². The average molecular weight is 275 g/mol. The predicted octanol–water partition coefficient (Wildman–Crippen LogP) is 4.37. The molecule has 0 aromatic carbocycles. The number of nitrogens with zero attached hydrogens (tertiary/aromatic N) is 1. The van der Waals surface area contributed by atoms with Crippen molar-refractivity contribution in [2.45, 2.75) is 59.5 Å². The summed E-state index contributed by atoms with van der Waals surface area (Å²) in [5, 5.41) is 20.3. The van der Waals surface area contributed by atoms with Gasteiger partial charge in [-0.25, -0.2) is 0 Å². The van der Waals surface area contributed by atoms with Gasteiger partial charge in [-0.05, 0) is 55.6 Å². The van der Waals surface area contributed by atoms with Crippen LogP contribution in [0.25, 0.3) is 0 Å². The van der Waals surface area contributed by atoms with Gasteiger partial charge in [-0.1, -0.05) is 20.8 Å². The standard InChI is InChI=1S/C17H25NO2/c1-12-7-10-20-14(12)15(19)17(11-18)8-5-13(6-9-17)16(2,3)4/h7,10,13,15,19H,5-6,8-9H2,1-4H3. The Hall–Kier alpha value is -1.27. The summed E-state index contributed by atoms with van der Waals surface area (Å²) in [6.45, 7) is 8.67. The molecule has 0 bridgehead atoms. The molecular weight excluding hydrogens is 250 g/mol. The lowest BCUT2D eigenvalue weighted by Gasteiger charge is -2.42. The molecule has 1 fully saturated rings. The molecule has 0 radical (unpaired) electrons. The number of furan rings is 1. The second-order valence-corrected chi connectivity index (χ2v) is 7.28. The minimum atomic E-state index is -0.816. The third kappa shape index (κ3) is 2.62. The third-order valence-corrected chi connectivity index (χ3v) is 5.00. The van der Waals surface area contributed by atoms with Crippen LogP contribution in [0.4, 0.5) is 0 Å². The van der Waals surface area contributed by atoms with Crippen molar-refractivity contribution in [3.63, 3.8) is 0 Å². The summed E-state index contributed by atoms with van der Waals surface area (Å²) in [6.07, 6.45) is 4.24. The van der Waals surface area contributed by atoms with Gasteiger partial charge in [0.1, 0.15) is 11.9 Å². The molecule has 1 aromatic rings. The van der Waals surface area contributed by atoms with E-state index in [-0.39, 0.29) is 5.41 Å². The second-order valence-electron chi connectivity index (χ2n) is 7.28. The molecule has 1 unspecified atom stereocenters. The van der Waals surface area contributed by atoms with E-state index in [4.69, 9.17) is 4.42 Å². The first-order valence-corrected chi connectivity index (χ1v) is 7.43. The Morgan fingerprint density at radius 2 is 2.00 bits per heavy atom. The summed E-state index contributed by atoms with van der Waals surface area (Å²) in [7, 11) is 0. The van der Waals surface area contributed by atoms with E-state index in [0.717, 1.165) is 31.2 Å². The molecule has 2 rings (SSSR count). The molecule has 1 aliphatic rings. The molecule has 3 heteroatoms. The predicted molar refractivity (Wildman–Crippen MR) is 77.9 cm³/mol.